The summed E-state index contributed by atoms with van der Waals surface area (Å²) >= 11 is 0. The van der Waals surface area contributed by atoms with Crippen LogP contribution in [0.15, 0.2) is 11.6 Å². The molecule has 0 radical (unpaired) electrons. The van der Waals surface area contributed by atoms with Crippen molar-refractivity contribution in [3.63, 3.8) is 0 Å². The maximum atomic E-state index is 11.1. The summed E-state index contributed by atoms with van der Waals surface area (Å²) in [6, 6.07) is 0. The minimum atomic E-state index is -0.155. The fourth-order valence-electron chi connectivity index (χ4n) is 8.66. The molecule has 0 aliphatic heterocycles. The molecular weight excluding hydrogens is 368 g/mol. The van der Waals surface area contributed by atoms with Gasteiger partial charge in [0.25, 0.3) is 0 Å². The topological polar surface area (TPSA) is 40.5 Å². The molecule has 2 N–H and O–H groups in total. The average molecular weight is 417 g/mol. The molecule has 4 aliphatic rings. The van der Waals surface area contributed by atoms with Crippen molar-refractivity contribution < 1.29 is 10.2 Å². The van der Waals surface area contributed by atoms with E-state index in [0.717, 1.165) is 43.4 Å². The van der Waals surface area contributed by atoms with Crippen LogP contribution in [-0.4, -0.2) is 22.4 Å². The predicted molar refractivity (Wildman–Crippen MR) is 125 cm³/mol. The molecule has 172 valence electrons. The second-order valence-electron chi connectivity index (χ2n) is 13.4. The van der Waals surface area contributed by atoms with E-state index in [1.165, 1.54) is 38.5 Å². The number of hydrogen-bond acceptors (Lipinski definition) is 2. The highest BCUT2D eigenvalue weighted by Crippen LogP contribution is 2.67. The van der Waals surface area contributed by atoms with Gasteiger partial charge in [-0.15, -0.1) is 0 Å². The molecule has 0 aromatic rings. The zero-order chi connectivity index (χ0) is 21.9. The van der Waals surface area contributed by atoms with Crippen molar-refractivity contribution in [1.82, 2.24) is 0 Å². The Labute approximate surface area is 185 Å². The average Bonchev–Trinajstić information content (AvgIpc) is 3.02. The number of fused-ring (bicyclic) bond motifs is 5. The van der Waals surface area contributed by atoms with Crippen LogP contribution in [0.1, 0.15) is 106 Å². The van der Waals surface area contributed by atoms with Crippen molar-refractivity contribution in [3.05, 3.63) is 11.6 Å². The molecule has 0 aromatic heterocycles. The van der Waals surface area contributed by atoms with Gasteiger partial charge in [0.05, 0.1) is 12.2 Å². The summed E-state index contributed by atoms with van der Waals surface area (Å²) in [5.74, 6) is 3.53. The van der Waals surface area contributed by atoms with Crippen molar-refractivity contribution in [1.29, 1.82) is 0 Å². The van der Waals surface area contributed by atoms with E-state index in [-0.39, 0.29) is 12.2 Å². The van der Waals surface area contributed by atoms with E-state index in [4.69, 9.17) is 0 Å². The molecule has 3 fully saturated rings. The van der Waals surface area contributed by atoms with Gasteiger partial charge in [-0.25, -0.2) is 0 Å². The molecule has 2 heteroatoms. The smallest absolute Gasteiger partial charge is 0.0577 e. The number of aliphatic hydroxyl groups excluding tert-OH is 2. The predicted octanol–water partition coefficient (Wildman–Crippen LogP) is 6.75. The van der Waals surface area contributed by atoms with Gasteiger partial charge in [0, 0.05) is 0 Å². The Morgan fingerprint density at radius 1 is 1.07 bits per heavy atom. The maximum absolute atomic E-state index is 11.1. The first-order valence-electron chi connectivity index (χ1n) is 13.0. The second kappa shape index (κ2) is 7.91. The molecule has 0 heterocycles. The van der Waals surface area contributed by atoms with Crippen LogP contribution in [0.5, 0.6) is 0 Å². The van der Waals surface area contributed by atoms with E-state index in [0.29, 0.717) is 28.1 Å². The number of aliphatic hydroxyl groups is 2. The molecule has 0 bridgehead atoms. The highest BCUT2D eigenvalue weighted by atomic mass is 16.3. The van der Waals surface area contributed by atoms with E-state index in [1.54, 1.807) is 5.57 Å². The van der Waals surface area contributed by atoms with Gasteiger partial charge in [0.2, 0.25) is 0 Å². The lowest BCUT2D eigenvalue weighted by atomic mass is 9.47. The summed E-state index contributed by atoms with van der Waals surface area (Å²) in [6.07, 6.45) is 14.0. The third-order valence-corrected chi connectivity index (χ3v) is 10.6. The Morgan fingerprint density at radius 2 is 1.80 bits per heavy atom. The molecule has 0 saturated heterocycles. The van der Waals surface area contributed by atoms with E-state index in [9.17, 15) is 10.2 Å². The van der Waals surface area contributed by atoms with Crippen molar-refractivity contribution in [3.8, 4) is 0 Å². The Balaban J connectivity index is 1.50. The van der Waals surface area contributed by atoms with Gasteiger partial charge in [-0.2, -0.15) is 0 Å². The molecule has 0 amide bonds. The van der Waals surface area contributed by atoms with Crippen molar-refractivity contribution >= 4 is 0 Å². The zero-order valence-electron chi connectivity index (χ0n) is 20.6. The summed E-state index contributed by atoms with van der Waals surface area (Å²) in [5, 5.41) is 21.3. The van der Waals surface area contributed by atoms with Crippen LogP contribution in [0.2, 0.25) is 0 Å². The number of allylic oxidation sites excluding steroid dienone is 1. The van der Waals surface area contributed by atoms with Crippen LogP contribution in [0.4, 0.5) is 0 Å². The fraction of sp³-hybridized carbons (Fsp3) is 0.929. The summed E-state index contributed by atoms with van der Waals surface area (Å²) in [7, 11) is 0. The van der Waals surface area contributed by atoms with Gasteiger partial charge in [0.15, 0.2) is 0 Å². The molecule has 4 rings (SSSR count). The molecule has 2 nitrogen and oxygen atoms in total. The van der Waals surface area contributed by atoms with Gasteiger partial charge in [-0.3, -0.25) is 0 Å². The summed E-state index contributed by atoms with van der Waals surface area (Å²) in [4.78, 5) is 0. The first-order valence-corrected chi connectivity index (χ1v) is 13.0. The Hall–Kier alpha value is -0.340. The molecule has 3 saturated carbocycles. The maximum Gasteiger partial charge on any atom is 0.0577 e. The molecule has 0 aromatic carbocycles. The largest absolute Gasteiger partial charge is 0.393 e. The van der Waals surface area contributed by atoms with E-state index in [1.807, 2.05) is 0 Å². The van der Waals surface area contributed by atoms with Crippen LogP contribution in [0, 0.1) is 45.8 Å². The standard InChI is InChI=1S/C28H48O2/c1-18(25(30)13-14-26(2,3)4)22-9-10-23-21-8-7-19-17-20(29)11-15-27(19,5)24(21)12-16-28(22,23)6/h7,18,20-25,29-30H,8-17H2,1-6H3/t18-,20?,21?,22?,23?,24?,25?,27?,28?/m0/s1. The highest BCUT2D eigenvalue weighted by molar-refractivity contribution is 5.25. The lowest BCUT2D eigenvalue weighted by Crippen LogP contribution is -2.51. The normalized spacial score (nSPS) is 45.7. The first-order chi connectivity index (χ1) is 14.0. The van der Waals surface area contributed by atoms with Gasteiger partial charge in [-0.05, 0) is 110 Å². The van der Waals surface area contributed by atoms with E-state index >= 15 is 0 Å². The zero-order valence-corrected chi connectivity index (χ0v) is 20.6. The third kappa shape index (κ3) is 3.83. The quantitative estimate of drug-likeness (QED) is 0.498. The second-order valence-corrected chi connectivity index (χ2v) is 13.4. The molecular formula is C28H48O2. The Morgan fingerprint density at radius 3 is 2.50 bits per heavy atom. The molecule has 4 aliphatic carbocycles. The van der Waals surface area contributed by atoms with Crippen molar-refractivity contribution in [2.45, 2.75) is 118 Å². The monoisotopic (exact) mass is 416 g/mol. The summed E-state index contributed by atoms with van der Waals surface area (Å²) in [6.45, 7) is 14.3. The van der Waals surface area contributed by atoms with Crippen molar-refractivity contribution in [2.75, 3.05) is 0 Å². The van der Waals surface area contributed by atoms with Crippen LogP contribution in [0.25, 0.3) is 0 Å². The SMILES string of the molecule is C[C@H](C(O)CCC(C)(C)C)C1CCC2C3CC=C4CC(O)CCC4(C)C3CCC21C. The van der Waals surface area contributed by atoms with Crippen LogP contribution in [-0.2, 0) is 0 Å². The van der Waals surface area contributed by atoms with Gasteiger partial charge < -0.3 is 10.2 Å². The summed E-state index contributed by atoms with van der Waals surface area (Å²) < 4.78 is 0. The molecule has 0 spiro atoms. The number of rotatable bonds is 4. The van der Waals surface area contributed by atoms with Gasteiger partial charge in [-0.1, -0.05) is 53.2 Å². The Kier molecular flexibility index (Phi) is 6.02. The minimum Gasteiger partial charge on any atom is -0.393 e. The summed E-state index contributed by atoms with van der Waals surface area (Å²) in [5.41, 5.74) is 2.61. The number of hydrogen-bond donors (Lipinski definition) is 2. The molecule has 30 heavy (non-hydrogen) atoms. The van der Waals surface area contributed by atoms with Crippen LogP contribution in [0.3, 0.4) is 0 Å². The van der Waals surface area contributed by atoms with Crippen LogP contribution >= 0.6 is 0 Å². The van der Waals surface area contributed by atoms with E-state index in [2.05, 4.69) is 47.6 Å². The molecule has 9 atom stereocenters. The Bertz CT molecular complexity index is 660. The lowest BCUT2D eigenvalue weighted by molar-refractivity contribution is -0.0684. The minimum absolute atomic E-state index is 0.110. The van der Waals surface area contributed by atoms with Gasteiger partial charge in [0.1, 0.15) is 0 Å². The van der Waals surface area contributed by atoms with Gasteiger partial charge >= 0.3 is 0 Å². The first kappa shape index (κ1) is 22.8. The van der Waals surface area contributed by atoms with Crippen LogP contribution < -0.4 is 0 Å². The van der Waals surface area contributed by atoms with Crippen molar-refractivity contribution in [2.24, 2.45) is 45.8 Å². The van der Waals surface area contributed by atoms with E-state index < -0.39 is 0 Å². The lowest BCUT2D eigenvalue weighted by Gasteiger charge is -2.58. The molecule has 8 unspecified atom stereocenters. The fourth-order valence-corrected chi connectivity index (χ4v) is 8.66. The highest BCUT2D eigenvalue weighted by Gasteiger charge is 2.59. The third-order valence-electron chi connectivity index (χ3n) is 10.6.